The third kappa shape index (κ3) is 3.14. The van der Waals surface area contributed by atoms with E-state index in [4.69, 9.17) is 17.3 Å². The Hall–Kier alpha value is -1.38. The van der Waals surface area contributed by atoms with Crippen LogP contribution in [0.3, 0.4) is 0 Å². The molecule has 0 saturated carbocycles. The van der Waals surface area contributed by atoms with Crippen molar-refractivity contribution in [3.8, 4) is 0 Å². The molecule has 0 aliphatic heterocycles. The minimum Gasteiger partial charge on any atom is -0.330 e. The topological polar surface area (TPSA) is 26.0 Å². The van der Waals surface area contributed by atoms with Gasteiger partial charge < -0.3 is 5.73 Å². The first-order valence-electron chi connectivity index (χ1n) is 6.25. The predicted octanol–water partition coefficient (Wildman–Crippen LogP) is 3.94. The number of halogens is 2. The van der Waals surface area contributed by atoms with Gasteiger partial charge in [0.15, 0.2) is 0 Å². The van der Waals surface area contributed by atoms with Crippen molar-refractivity contribution in [3.05, 3.63) is 70.5 Å². The summed E-state index contributed by atoms with van der Waals surface area (Å²) in [6, 6.07) is 14.4. The molecule has 0 aromatic heterocycles. The summed E-state index contributed by atoms with van der Waals surface area (Å²) in [6.45, 7) is 2.37. The normalized spacial score (nSPS) is 14.1. The Bertz CT molecular complexity index is 553. The van der Waals surface area contributed by atoms with Gasteiger partial charge in [-0.1, -0.05) is 48.9 Å². The van der Waals surface area contributed by atoms with Crippen LogP contribution in [-0.4, -0.2) is 6.54 Å². The summed E-state index contributed by atoms with van der Waals surface area (Å²) in [6.07, 6.45) is 0.682. The maximum absolute atomic E-state index is 14.0. The molecule has 0 heterocycles. The van der Waals surface area contributed by atoms with Crippen LogP contribution in [0.4, 0.5) is 4.39 Å². The van der Waals surface area contributed by atoms with Crippen molar-refractivity contribution < 1.29 is 4.39 Å². The van der Waals surface area contributed by atoms with E-state index in [9.17, 15) is 4.39 Å². The van der Waals surface area contributed by atoms with Gasteiger partial charge in [0.25, 0.3) is 0 Å². The number of benzene rings is 2. The summed E-state index contributed by atoms with van der Waals surface area (Å²) < 4.78 is 14.0. The number of rotatable bonds is 4. The summed E-state index contributed by atoms with van der Waals surface area (Å²) >= 11 is 5.87. The molecule has 100 valence electrons. The minimum absolute atomic E-state index is 0.204. The van der Waals surface area contributed by atoms with Gasteiger partial charge in [-0.25, -0.2) is 4.39 Å². The molecule has 0 amide bonds. The van der Waals surface area contributed by atoms with Crippen LogP contribution in [0.15, 0.2) is 48.5 Å². The smallest absolute Gasteiger partial charge is 0.127 e. The zero-order chi connectivity index (χ0) is 13.9. The van der Waals surface area contributed by atoms with E-state index in [-0.39, 0.29) is 5.82 Å². The van der Waals surface area contributed by atoms with Gasteiger partial charge in [0.05, 0.1) is 0 Å². The second-order valence-corrected chi connectivity index (χ2v) is 5.48. The molecule has 2 N–H and O–H groups in total. The third-order valence-corrected chi connectivity index (χ3v) is 3.73. The molecule has 0 bridgehead atoms. The molecule has 1 atom stereocenters. The molecule has 3 heteroatoms. The molecule has 2 aromatic rings. The van der Waals surface area contributed by atoms with Gasteiger partial charge >= 0.3 is 0 Å². The van der Waals surface area contributed by atoms with Gasteiger partial charge in [-0.05, 0) is 35.7 Å². The average molecular weight is 278 g/mol. The minimum atomic E-state index is -0.417. The van der Waals surface area contributed by atoms with Crippen molar-refractivity contribution in [2.75, 3.05) is 6.54 Å². The third-order valence-electron chi connectivity index (χ3n) is 3.48. The van der Waals surface area contributed by atoms with E-state index in [2.05, 4.69) is 0 Å². The molecule has 0 aliphatic carbocycles. The lowest BCUT2D eigenvalue weighted by Gasteiger charge is -2.29. The first kappa shape index (κ1) is 14.0. The molecule has 19 heavy (non-hydrogen) atoms. The lowest BCUT2D eigenvalue weighted by molar-refractivity contribution is 0.450. The predicted molar refractivity (Wildman–Crippen MR) is 78.0 cm³/mol. The van der Waals surface area contributed by atoms with Crippen molar-refractivity contribution in [1.29, 1.82) is 0 Å². The highest BCUT2D eigenvalue weighted by molar-refractivity contribution is 6.30. The molecular formula is C16H17ClFN. The van der Waals surface area contributed by atoms with Gasteiger partial charge in [-0.3, -0.25) is 0 Å². The van der Waals surface area contributed by atoms with E-state index in [1.165, 1.54) is 6.07 Å². The van der Waals surface area contributed by atoms with E-state index in [0.29, 0.717) is 23.6 Å². The van der Waals surface area contributed by atoms with Gasteiger partial charge in [-0.15, -0.1) is 0 Å². The van der Waals surface area contributed by atoms with Crippen LogP contribution >= 0.6 is 11.6 Å². The number of nitrogens with two attached hydrogens (primary N) is 1. The van der Waals surface area contributed by atoms with E-state index < -0.39 is 5.41 Å². The lowest BCUT2D eigenvalue weighted by atomic mass is 9.77. The van der Waals surface area contributed by atoms with E-state index in [1.807, 2.05) is 37.3 Å². The largest absolute Gasteiger partial charge is 0.330 e. The fraction of sp³-hybridized carbons (Fsp3) is 0.250. The van der Waals surface area contributed by atoms with Crippen molar-refractivity contribution in [2.24, 2.45) is 5.73 Å². The fourth-order valence-electron chi connectivity index (χ4n) is 2.28. The molecule has 0 fully saturated rings. The Morgan fingerprint density at radius 3 is 2.32 bits per heavy atom. The Balaban J connectivity index is 2.33. The number of hydrogen-bond donors (Lipinski definition) is 1. The first-order valence-corrected chi connectivity index (χ1v) is 6.62. The quantitative estimate of drug-likeness (QED) is 0.900. The molecule has 0 spiro atoms. The van der Waals surface area contributed by atoms with Crippen LogP contribution in [0.25, 0.3) is 0 Å². The van der Waals surface area contributed by atoms with Crippen LogP contribution in [0.5, 0.6) is 0 Å². The second-order valence-electron chi connectivity index (χ2n) is 5.05. The maximum atomic E-state index is 14.0. The van der Waals surface area contributed by atoms with E-state index in [0.717, 1.165) is 5.56 Å². The summed E-state index contributed by atoms with van der Waals surface area (Å²) in [5.41, 5.74) is 7.23. The second kappa shape index (κ2) is 5.72. The summed E-state index contributed by atoms with van der Waals surface area (Å²) in [4.78, 5) is 0. The van der Waals surface area contributed by atoms with Crippen LogP contribution in [0.1, 0.15) is 18.1 Å². The highest BCUT2D eigenvalue weighted by Crippen LogP contribution is 2.29. The van der Waals surface area contributed by atoms with Crippen molar-refractivity contribution in [2.45, 2.75) is 18.8 Å². The van der Waals surface area contributed by atoms with Gasteiger partial charge in [0, 0.05) is 17.0 Å². The van der Waals surface area contributed by atoms with Gasteiger partial charge in [-0.2, -0.15) is 0 Å². The molecule has 0 saturated heterocycles. The van der Waals surface area contributed by atoms with Crippen LogP contribution in [0.2, 0.25) is 5.02 Å². The molecule has 0 aliphatic rings. The van der Waals surface area contributed by atoms with Crippen molar-refractivity contribution in [3.63, 3.8) is 0 Å². The summed E-state index contributed by atoms with van der Waals surface area (Å²) in [5, 5.41) is 0.698. The first-order chi connectivity index (χ1) is 9.05. The van der Waals surface area contributed by atoms with E-state index >= 15 is 0 Å². The van der Waals surface area contributed by atoms with Gasteiger partial charge in [0.2, 0.25) is 0 Å². The van der Waals surface area contributed by atoms with Crippen LogP contribution in [-0.2, 0) is 11.8 Å². The van der Waals surface area contributed by atoms with Crippen LogP contribution in [0, 0.1) is 5.82 Å². The SMILES string of the molecule is CC(CN)(Cc1ccc(Cl)cc1)c1ccccc1F. The standard InChI is InChI=1S/C16H17ClFN/c1-16(11-19,14-4-2-3-5-15(14)18)10-12-6-8-13(17)9-7-12/h2-9H,10-11,19H2,1H3. The molecule has 2 rings (SSSR count). The Labute approximate surface area is 118 Å². The highest BCUT2D eigenvalue weighted by Gasteiger charge is 2.28. The molecule has 1 unspecified atom stereocenters. The lowest BCUT2D eigenvalue weighted by Crippen LogP contribution is -2.35. The van der Waals surface area contributed by atoms with Crippen molar-refractivity contribution in [1.82, 2.24) is 0 Å². The zero-order valence-electron chi connectivity index (χ0n) is 10.9. The molecule has 2 aromatic carbocycles. The Morgan fingerprint density at radius 1 is 1.11 bits per heavy atom. The number of hydrogen-bond acceptors (Lipinski definition) is 1. The van der Waals surface area contributed by atoms with Gasteiger partial charge in [0.1, 0.15) is 5.82 Å². The monoisotopic (exact) mass is 277 g/mol. The van der Waals surface area contributed by atoms with E-state index in [1.54, 1.807) is 12.1 Å². The summed E-state index contributed by atoms with van der Waals surface area (Å²) in [7, 11) is 0. The maximum Gasteiger partial charge on any atom is 0.127 e. The average Bonchev–Trinajstić information content (AvgIpc) is 2.42. The zero-order valence-corrected chi connectivity index (χ0v) is 11.6. The Kier molecular flexibility index (Phi) is 4.23. The molecular weight excluding hydrogens is 261 g/mol. The highest BCUT2D eigenvalue weighted by atomic mass is 35.5. The fourth-order valence-corrected chi connectivity index (χ4v) is 2.41. The Morgan fingerprint density at radius 2 is 1.74 bits per heavy atom. The van der Waals surface area contributed by atoms with Crippen LogP contribution < -0.4 is 5.73 Å². The van der Waals surface area contributed by atoms with Crippen molar-refractivity contribution >= 4 is 11.6 Å². The molecule has 1 nitrogen and oxygen atoms in total. The summed E-state index contributed by atoms with van der Waals surface area (Å²) in [5.74, 6) is -0.204. The molecule has 0 radical (unpaired) electrons.